The van der Waals surface area contributed by atoms with Crippen LogP contribution in [0.1, 0.15) is 27.7 Å². The summed E-state index contributed by atoms with van der Waals surface area (Å²) in [7, 11) is 0. The molecule has 0 amide bonds. The normalized spacial score (nSPS) is 24.0. The topological polar surface area (TPSA) is 68.3 Å². The van der Waals surface area contributed by atoms with Gasteiger partial charge in [-0.1, -0.05) is 0 Å². The molecule has 0 radical (unpaired) electrons. The van der Waals surface area contributed by atoms with Crippen LogP contribution in [0.5, 0.6) is 0 Å². The molecule has 0 heterocycles. The van der Waals surface area contributed by atoms with Crippen LogP contribution in [-0.4, -0.2) is 23.3 Å². The molecule has 0 bridgehead atoms. The molecule has 1 fully saturated rings. The summed E-state index contributed by atoms with van der Waals surface area (Å²) in [6.45, 7) is 5.68. The lowest BCUT2D eigenvalue weighted by Gasteiger charge is -2.36. The standard InChI is InChI=1S/C11H12O4/c1-10(2)7(13)6(5-12)8(14)11(3,4)9(10)15/h1-4H3. The molecule has 80 valence electrons. The van der Waals surface area contributed by atoms with E-state index in [1.165, 1.54) is 33.6 Å². The zero-order valence-electron chi connectivity index (χ0n) is 9.13. The van der Waals surface area contributed by atoms with E-state index >= 15 is 0 Å². The molecule has 1 aliphatic carbocycles. The van der Waals surface area contributed by atoms with Gasteiger partial charge in [-0.2, -0.15) is 0 Å². The predicted octanol–water partition coefficient (Wildman–Crippen LogP) is 0.518. The Morgan fingerprint density at radius 1 is 0.867 bits per heavy atom. The fourth-order valence-corrected chi connectivity index (χ4v) is 1.81. The van der Waals surface area contributed by atoms with Crippen LogP contribution in [0.2, 0.25) is 0 Å². The minimum Gasteiger partial charge on any atom is -0.297 e. The maximum Gasteiger partial charge on any atom is 0.190 e. The van der Waals surface area contributed by atoms with Crippen molar-refractivity contribution in [3.63, 3.8) is 0 Å². The van der Waals surface area contributed by atoms with Gasteiger partial charge in [0.2, 0.25) is 0 Å². The number of ketones is 3. The number of carbonyl (C=O) groups is 3. The first kappa shape index (κ1) is 11.5. The first-order valence-corrected chi connectivity index (χ1v) is 4.57. The Bertz CT molecular complexity index is 388. The van der Waals surface area contributed by atoms with Gasteiger partial charge in [0.15, 0.2) is 17.3 Å². The number of allylic oxidation sites excluding steroid dienone is 1. The summed E-state index contributed by atoms with van der Waals surface area (Å²) >= 11 is 0. The Hall–Kier alpha value is -1.54. The Kier molecular flexibility index (Phi) is 2.29. The molecule has 1 rings (SSSR count). The third kappa shape index (κ3) is 1.29. The highest BCUT2D eigenvalue weighted by atomic mass is 16.2. The number of hydrogen-bond acceptors (Lipinski definition) is 4. The fourth-order valence-electron chi connectivity index (χ4n) is 1.81. The Balaban J connectivity index is 3.50. The van der Waals surface area contributed by atoms with Crippen LogP contribution in [0.3, 0.4) is 0 Å². The van der Waals surface area contributed by atoms with Crippen molar-refractivity contribution in [2.24, 2.45) is 10.8 Å². The highest BCUT2D eigenvalue weighted by molar-refractivity contribution is 6.41. The van der Waals surface area contributed by atoms with Gasteiger partial charge in [0.1, 0.15) is 11.5 Å². The lowest BCUT2D eigenvalue weighted by Crippen LogP contribution is -2.53. The highest BCUT2D eigenvalue weighted by Crippen LogP contribution is 2.39. The summed E-state index contributed by atoms with van der Waals surface area (Å²) in [6, 6.07) is 0. The molecule has 0 aromatic rings. The van der Waals surface area contributed by atoms with E-state index in [2.05, 4.69) is 0 Å². The Labute approximate surface area is 87.3 Å². The summed E-state index contributed by atoms with van der Waals surface area (Å²) in [5, 5.41) is 0. The quantitative estimate of drug-likeness (QED) is 0.252. The molecular weight excluding hydrogens is 196 g/mol. The van der Waals surface area contributed by atoms with Crippen molar-refractivity contribution in [3.8, 4) is 0 Å². The van der Waals surface area contributed by atoms with E-state index in [9.17, 15) is 19.2 Å². The number of carbonyl (C=O) groups excluding carboxylic acids is 4. The highest BCUT2D eigenvalue weighted by Gasteiger charge is 2.56. The lowest BCUT2D eigenvalue weighted by atomic mass is 9.61. The maximum absolute atomic E-state index is 11.9. The summed E-state index contributed by atoms with van der Waals surface area (Å²) in [5.41, 5.74) is -3.15. The second kappa shape index (κ2) is 2.97. The zero-order valence-corrected chi connectivity index (χ0v) is 9.13. The fraction of sp³-hybridized carbons (Fsp3) is 0.545. The molecule has 0 spiro atoms. The van der Waals surface area contributed by atoms with Crippen LogP contribution in [-0.2, 0) is 19.2 Å². The van der Waals surface area contributed by atoms with Crippen molar-refractivity contribution in [3.05, 3.63) is 5.57 Å². The summed E-state index contributed by atoms with van der Waals surface area (Å²) in [5.74, 6) is -0.564. The molecule has 0 aliphatic heterocycles. The van der Waals surface area contributed by atoms with Crippen LogP contribution < -0.4 is 0 Å². The SMILES string of the molecule is CC1(C)C(=O)C(=C=O)C(=O)C(C)(C)C1=O. The average molecular weight is 208 g/mol. The third-order valence-electron chi connectivity index (χ3n) is 2.83. The number of Topliss-reactive ketones (excluding diaryl/α,β-unsaturated/α-hetero) is 3. The number of hydrogen-bond donors (Lipinski definition) is 0. The molecule has 4 heteroatoms. The molecule has 15 heavy (non-hydrogen) atoms. The van der Waals surface area contributed by atoms with Crippen molar-refractivity contribution in [2.45, 2.75) is 27.7 Å². The van der Waals surface area contributed by atoms with E-state index < -0.39 is 33.8 Å². The summed E-state index contributed by atoms with van der Waals surface area (Å²) in [6.07, 6.45) is 0. The predicted molar refractivity (Wildman–Crippen MR) is 51.8 cm³/mol. The van der Waals surface area contributed by atoms with E-state index in [1.54, 1.807) is 0 Å². The van der Waals surface area contributed by atoms with Crippen molar-refractivity contribution < 1.29 is 19.2 Å². The lowest BCUT2D eigenvalue weighted by molar-refractivity contribution is -0.151. The molecule has 4 nitrogen and oxygen atoms in total. The van der Waals surface area contributed by atoms with Crippen molar-refractivity contribution in [1.29, 1.82) is 0 Å². The Morgan fingerprint density at radius 3 is 1.47 bits per heavy atom. The minimum absolute atomic E-state index is 0.455. The molecule has 0 aromatic carbocycles. The van der Waals surface area contributed by atoms with Crippen LogP contribution >= 0.6 is 0 Å². The van der Waals surface area contributed by atoms with E-state index in [0.29, 0.717) is 0 Å². The van der Waals surface area contributed by atoms with Crippen LogP contribution in [0.25, 0.3) is 0 Å². The monoisotopic (exact) mass is 208 g/mol. The van der Waals surface area contributed by atoms with Crippen LogP contribution in [0.4, 0.5) is 0 Å². The van der Waals surface area contributed by atoms with Gasteiger partial charge in [0.25, 0.3) is 0 Å². The minimum atomic E-state index is -1.32. The van der Waals surface area contributed by atoms with E-state index in [0.717, 1.165) is 0 Å². The second-order valence-corrected chi connectivity index (χ2v) is 4.71. The van der Waals surface area contributed by atoms with E-state index in [4.69, 9.17) is 0 Å². The Morgan fingerprint density at radius 2 is 1.20 bits per heavy atom. The van der Waals surface area contributed by atoms with Gasteiger partial charge in [-0.25, -0.2) is 4.79 Å². The average Bonchev–Trinajstić information content (AvgIpc) is 2.15. The van der Waals surface area contributed by atoms with Gasteiger partial charge in [0, 0.05) is 0 Å². The van der Waals surface area contributed by atoms with E-state index in [-0.39, 0.29) is 0 Å². The zero-order chi connectivity index (χ0) is 12.0. The van der Waals surface area contributed by atoms with E-state index in [1.807, 2.05) is 0 Å². The van der Waals surface area contributed by atoms with Gasteiger partial charge in [-0.3, -0.25) is 14.4 Å². The van der Waals surface area contributed by atoms with Crippen molar-refractivity contribution in [1.82, 2.24) is 0 Å². The van der Waals surface area contributed by atoms with Crippen molar-refractivity contribution >= 4 is 23.3 Å². The largest absolute Gasteiger partial charge is 0.297 e. The van der Waals surface area contributed by atoms with Crippen LogP contribution in [0.15, 0.2) is 5.57 Å². The molecule has 0 unspecified atom stereocenters. The van der Waals surface area contributed by atoms with Gasteiger partial charge >= 0.3 is 0 Å². The molecule has 0 atom stereocenters. The molecular formula is C11H12O4. The molecule has 0 N–H and O–H groups in total. The maximum atomic E-state index is 11.9. The van der Waals surface area contributed by atoms with Crippen molar-refractivity contribution in [2.75, 3.05) is 0 Å². The van der Waals surface area contributed by atoms with Gasteiger partial charge in [-0.15, -0.1) is 0 Å². The third-order valence-corrected chi connectivity index (χ3v) is 2.83. The second-order valence-electron chi connectivity index (χ2n) is 4.71. The number of rotatable bonds is 0. The smallest absolute Gasteiger partial charge is 0.190 e. The first-order valence-electron chi connectivity index (χ1n) is 4.57. The van der Waals surface area contributed by atoms with Gasteiger partial charge < -0.3 is 0 Å². The molecule has 1 aliphatic rings. The molecule has 0 aromatic heterocycles. The molecule has 0 saturated heterocycles. The molecule has 1 saturated carbocycles. The first-order chi connectivity index (χ1) is 6.67. The summed E-state index contributed by atoms with van der Waals surface area (Å²) in [4.78, 5) is 45.7. The van der Waals surface area contributed by atoms with Gasteiger partial charge in [0.05, 0.1) is 10.8 Å². The van der Waals surface area contributed by atoms with Gasteiger partial charge in [-0.05, 0) is 27.7 Å². The summed E-state index contributed by atoms with van der Waals surface area (Å²) < 4.78 is 0. The van der Waals surface area contributed by atoms with Crippen LogP contribution in [0, 0.1) is 10.8 Å².